The lowest BCUT2D eigenvalue weighted by atomic mass is 10.0. The van der Waals surface area contributed by atoms with Crippen LogP contribution in [0.5, 0.6) is 0 Å². The fourth-order valence-electron chi connectivity index (χ4n) is 4.30. The van der Waals surface area contributed by atoms with Crippen LogP contribution >= 0.6 is 0 Å². The SMILES string of the molecule is CCCCCCCCCCCCCC1C(CCCCC(=O)O)C1C(=O)O. The number of aliphatic carboxylic acids is 2. The van der Waals surface area contributed by atoms with E-state index in [9.17, 15) is 14.7 Å². The molecule has 0 aromatic rings. The smallest absolute Gasteiger partial charge is 0.307 e. The molecule has 1 saturated carbocycles. The molecule has 26 heavy (non-hydrogen) atoms. The lowest BCUT2D eigenvalue weighted by molar-refractivity contribution is -0.139. The topological polar surface area (TPSA) is 74.6 Å². The minimum Gasteiger partial charge on any atom is -0.481 e. The molecule has 0 aromatic heterocycles. The number of hydrogen-bond acceptors (Lipinski definition) is 2. The normalized spacial score (nSPS) is 21.7. The highest BCUT2D eigenvalue weighted by molar-refractivity contribution is 5.74. The van der Waals surface area contributed by atoms with Gasteiger partial charge in [0.2, 0.25) is 0 Å². The molecule has 3 atom stereocenters. The van der Waals surface area contributed by atoms with Crippen molar-refractivity contribution < 1.29 is 19.8 Å². The molecule has 0 bridgehead atoms. The zero-order chi connectivity index (χ0) is 19.2. The highest BCUT2D eigenvalue weighted by atomic mass is 16.4. The van der Waals surface area contributed by atoms with E-state index in [-0.39, 0.29) is 12.3 Å². The Balaban J connectivity index is 1.98. The van der Waals surface area contributed by atoms with Crippen LogP contribution in [0.25, 0.3) is 0 Å². The standard InChI is InChI=1S/C22H40O4/c1-2-3-4-5-6-7-8-9-10-11-12-15-18-19(21(18)22(25)26)16-13-14-17-20(23)24/h18-19,21H,2-17H2,1H3,(H,23,24)(H,25,26). The Morgan fingerprint density at radius 3 is 1.50 bits per heavy atom. The largest absolute Gasteiger partial charge is 0.481 e. The Bertz CT molecular complexity index is 394. The molecule has 1 fully saturated rings. The molecule has 0 aromatic carbocycles. The first-order chi connectivity index (χ1) is 12.6. The number of carbonyl (C=O) groups is 2. The zero-order valence-electron chi connectivity index (χ0n) is 16.8. The number of carboxylic acids is 2. The lowest BCUT2D eigenvalue weighted by Gasteiger charge is -2.03. The van der Waals surface area contributed by atoms with Crippen LogP contribution in [0.15, 0.2) is 0 Å². The minimum absolute atomic E-state index is 0.164. The molecule has 152 valence electrons. The summed E-state index contributed by atoms with van der Waals surface area (Å²) in [6.45, 7) is 2.25. The highest BCUT2D eigenvalue weighted by Gasteiger charge is 2.53. The first kappa shape index (κ1) is 23.0. The van der Waals surface area contributed by atoms with Crippen molar-refractivity contribution >= 4 is 11.9 Å². The summed E-state index contributed by atoms with van der Waals surface area (Å²) in [5, 5.41) is 18.0. The van der Waals surface area contributed by atoms with Crippen molar-refractivity contribution in [2.24, 2.45) is 17.8 Å². The van der Waals surface area contributed by atoms with Gasteiger partial charge in [-0.3, -0.25) is 9.59 Å². The summed E-state index contributed by atoms with van der Waals surface area (Å²) in [4.78, 5) is 21.9. The Hall–Kier alpha value is -1.06. The average Bonchev–Trinajstić information content (AvgIpc) is 3.29. The van der Waals surface area contributed by atoms with Gasteiger partial charge in [0.05, 0.1) is 5.92 Å². The van der Waals surface area contributed by atoms with Gasteiger partial charge in [0.25, 0.3) is 0 Å². The minimum atomic E-state index is -0.756. The summed E-state index contributed by atoms with van der Waals surface area (Å²) in [6.07, 6.45) is 18.2. The van der Waals surface area contributed by atoms with Gasteiger partial charge in [-0.25, -0.2) is 0 Å². The maximum Gasteiger partial charge on any atom is 0.307 e. The molecule has 0 radical (unpaired) electrons. The molecule has 1 aliphatic carbocycles. The van der Waals surface area contributed by atoms with Gasteiger partial charge in [-0.05, 0) is 31.1 Å². The average molecular weight is 369 g/mol. The Labute approximate surface area is 159 Å². The molecule has 4 heteroatoms. The van der Waals surface area contributed by atoms with Crippen molar-refractivity contribution in [3.63, 3.8) is 0 Å². The van der Waals surface area contributed by atoms with E-state index in [1.165, 1.54) is 64.2 Å². The van der Waals surface area contributed by atoms with Crippen molar-refractivity contribution in [3.05, 3.63) is 0 Å². The molecule has 0 spiro atoms. The summed E-state index contributed by atoms with van der Waals surface area (Å²) in [7, 11) is 0. The van der Waals surface area contributed by atoms with Crippen LogP contribution < -0.4 is 0 Å². The van der Waals surface area contributed by atoms with Crippen molar-refractivity contribution in [2.45, 2.75) is 110 Å². The maximum atomic E-state index is 11.3. The highest BCUT2D eigenvalue weighted by Crippen LogP contribution is 2.52. The molecule has 4 nitrogen and oxygen atoms in total. The van der Waals surface area contributed by atoms with Gasteiger partial charge in [-0.15, -0.1) is 0 Å². The molecule has 1 aliphatic rings. The van der Waals surface area contributed by atoms with Crippen molar-refractivity contribution in [3.8, 4) is 0 Å². The summed E-state index contributed by atoms with van der Waals surface area (Å²) >= 11 is 0. The summed E-state index contributed by atoms with van der Waals surface area (Å²) < 4.78 is 0. The van der Waals surface area contributed by atoms with Gasteiger partial charge in [0.15, 0.2) is 0 Å². The van der Waals surface area contributed by atoms with E-state index in [1.807, 2.05) is 0 Å². The van der Waals surface area contributed by atoms with Gasteiger partial charge >= 0.3 is 11.9 Å². The second-order valence-electron chi connectivity index (χ2n) is 8.16. The number of unbranched alkanes of at least 4 members (excludes halogenated alkanes) is 11. The van der Waals surface area contributed by atoms with E-state index in [2.05, 4.69) is 6.92 Å². The molecular weight excluding hydrogens is 328 g/mol. The maximum absolute atomic E-state index is 11.3. The molecule has 0 aliphatic heterocycles. The van der Waals surface area contributed by atoms with Gasteiger partial charge in [0, 0.05) is 6.42 Å². The third-order valence-corrected chi connectivity index (χ3v) is 5.94. The fourth-order valence-corrected chi connectivity index (χ4v) is 4.30. The summed E-state index contributed by atoms with van der Waals surface area (Å²) in [6, 6.07) is 0. The fraction of sp³-hybridized carbons (Fsp3) is 0.909. The molecule has 0 heterocycles. The summed E-state index contributed by atoms with van der Waals surface area (Å²) in [5.74, 6) is -0.933. The summed E-state index contributed by atoms with van der Waals surface area (Å²) in [5.41, 5.74) is 0. The Kier molecular flexibility index (Phi) is 12.4. The first-order valence-electron chi connectivity index (χ1n) is 11.0. The number of hydrogen-bond donors (Lipinski definition) is 2. The molecule has 3 unspecified atom stereocenters. The second kappa shape index (κ2) is 14.1. The van der Waals surface area contributed by atoms with Crippen LogP contribution in [0.4, 0.5) is 0 Å². The predicted molar refractivity (Wildman–Crippen MR) is 105 cm³/mol. The van der Waals surface area contributed by atoms with Crippen molar-refractivity contribution in [2.75, 3.05) is 0 Å². The van der Waals surface area contributed by atoms with Crippen LogP contribution in [-0.2, 0) is 9.59 Å². The molecule has 0 saturated heterocycles. The molecule has 1 rings (SSSR count). The van der Waals surface area contributed by atoms with E-state index in [4.69, 9.17) is 5.11 Å². The van der Waals surface area contributed by atoms with E-state index in [0.717, 1.165) is 25.7 Å². The van der Waals surface area contributed by atoms with E-state index in [0.29, 0.717) is 18.3 Å². The van der Waals surface area contributed by atoms with Crippen LogP contribution in [-0.4, -0.2) is 22.2 Å². The van der Waals surface area contributed by atoms with E-state index < -0.39 is 11.9 Å². The van der Waals surface area contributed by atoms with Crippen LogP contribution in [0.3, 0.4) is 0 Å². The zero-order valence-corrected chi connectivity index (χ0v) is 16.8. The molecule has 2 N–H and O–H groups in total. The van der Waals surface area contributed by atoms with Crippen LogP contribution in [0.1, 0.15) is 110 Å². The lowest BCUT2D eigenvalue weighted by Crippen LogP contribution is -2.01. The van der Waals surface area contributed by atoms with Crippen molar-refractivity contribution in [1.29, 1.82) is 0 Å². The quantitative estimate of drug-likeness (QED) is 0.279. The monoisotopic (exact) mass is 368 g/mol. The first-order valence-corrected chi connectivity index (χ1v) is 11.0. The number of rotatable bonds is 18. The van der Waals surface area contributed by atoms with Gasteiger partial charge in [0.1, 0.15) is 0 Å². The van der Waals surface area contributed by atoms with Gasteiger partial charge in [-0.2, -0.15) is 0 Å². The predicted octanol–water partition coefficient (Wildman–Crippen LogP) is 6.28. The van der Waals surface area contributed by atoms with Crippen LogP contribution in [0, 0.1) is 17.8 Å². The van der Waals surface area contributed by atoms with Crippen molar-refractivity contribution in [1.82, 2.24) is 0 Å². The van der Waals surface area contributed by atoms with Gasteiger partial charge < -0.3 is 10.2 Å². The second-order valence-corrected chi connectivity index (χ2v) is 8.16. The van der Waals surface area contributed by atoms with Gasteiger partial charge in [-0.1, -0.05) is 84.0 Å². The Morgan fingerprint density at radius 1 is 0.654 bits per heavy atom. The molecular formula is C22H40O4. The number of carboxylic acid groups (broad SMARTS) is 2. The van der Waals surface area contributed by atoms with Crippen LogP contribution in [0.2, 0.25) is 0 Å². The third kappa shape index (κ3) is 10.2. The Morgan fingerprint density at radius 2 is 1.08 bits per heavy atom. The van der Waals surface area contributed by atoms with E-state index >= 15 is 0 Å². The molecule has 0 amide bonds. The van der Waals surface area contributed by atoms with E-state index in [1.54, 1.807) is 0 Å². The third-order valence-electron chi connectivity index (χ3n) is 5.94.